The first kappa shape index (κ1) is 20.8. The van der Waals surface area contributed by atoms with Crippen LogP contribution in [0.15, 0.2) is 23.2 Å². The van der Waals surface area contributed by atoms with Crippen molar-refractivity contribution < 1.29 is 8.78 Å². The molecule has 6 nitrogen and oxygen atoms in total. The van der Waals surface area contributed by atoms with Crippen molar-refractivity contribution in [2.75, 3.05) is 77.9 Å². The van der Waals surface area contributed by atoms with E-state index in [1.807, 2.05) is 4.90 Å². The fourth-order valence-electron chi connectivity index (χ4n) is 3.80. The Morgan fingerprint density at radius 3 is 2.57 bits per heavy atom. The van der Waals surface area contributed by atoms with Gasteiger partial charge in [0.15, 0.2) is 5.96 Å². The number of nitrogens with zero attached hydrogens (tertiary/aromatic N) is 5. The van der Waals surface area contributed by atoms with Crippen molar-refractivity contribution in [1.29, 1.82) is 0 Å². The van der Waals surface area contributed by atoms with Gasteiger partial charge >= 0.3 is 0 Å². The molecule has 0 amide bonds. The summed E-state index contributed by atoms with van der Waals surface area (Å²) in [6, 6.07) is 4.04. The van der Waals surface area contributed by atoms with Crippen molar-refractivity contribution in [2.24, 2.45) is 4.99 Å². The Hall–Kier alpha value is -1.93. The van der Waals surface area contributed by atoms with Gasteiger partial charge in [-0.2, -0.15) is 0 Å². The van der Waals surface area contributed by atoms with Crippen LogP contribution in [0.25, 0.3) is 0 Å². The molecular weight excluding hydrogens is 362 g/mol. The van der Waals surface area contributed by atoms with Crippen molar-refractivity contribution in [3.05, 3.63) is 29.8 Å². The largest absolute Gasteiger partial charge is 0.366 e. The monoisotopic (exact) mass is 394 g/mol. The third kappa shape index (κ3) is 5.11. The number of nitrogens with one attached hydrogen (secondary N) is 1. The molecular formula is C20H32F2N6. The number of piperazine rings is 2. The van der Waals surface area contributed by atoms with Crippen LogP contribution in [0.2, 0.25) is 0 Å². The molecule has 2 aliphatic rings. The highest BCUT2D eigenvalue weighted by atomic mass is 19.1. The SMILES string of the molecule is CCNC(=NCC1CN(C)CCN1C)N1CCN(c2cc(F)ccc2F)CC1. The van der Waals surface area contributed by atoms with Gasteiger partial charge in [-0.15, -0.1) is 0 Å². The van der Waals surface area contributed by atoms with E-state index in [9.17, 15) is 8.78 Å². The molecule has 1 aromatic rings. The van der Waals surface area contributed by atoms with Crippen molar-refractivity contribution in [3.63, 3.8) is 0 Å². The number of likely N-dealkylation sites (N-methyl/N-ethyl adjacent to an activating group) is 2. The zero-order chi connectivity index (χ0) is 20.1. The van der Waals surface area contributed by atoms with Crippen molar-refractivity contribution >= 4 is 11.6 Å². The number of halogens is 2. The second-order valence-corrected chi connectivity index (χ2v) is 7.66. The number of rotatable bonds is 4. The normalized spacial score (nSPS) is 22.6. The molecule has 0 saturated carbocycles. The summed E-state index contributed by atoms with van der Waals surface area (Å²) < 4.78 is 27.6. The molecule has 1 N–H and O–H groups in total. The van der Waals surface area contributed by atoms with E-state index in [2.05, 4.69) is 41.0 Å². The molecule has 1 aromatic carbocycles. The summed E-state index contributed by atoms with van der Waals surface area (Å²) in [6.45, 7) is 9.51. The van der Waals surface area contributed by atoms with E-state index in [0.717, 1.165) is 57.8 Å². The van der Waals surface area contributed by atoms with Crippen molar-refractivity contribution in [1.82, 2.24) is 20.0 Å². The van der Waals surface area contributed by atoms with Crippen LogP contribution >= 0.6 is 0 Å². The maximum atomic E-state index is 14.1. The molecule has 8 heteroatoms. The Kier molecular flexibility index (Phi) is 7.07. The van der Waals surface area contributed by atoms with Crippen LogP contribution in [0.4, 0.5) is 14.5 Å². The number of hydrogen-bond donors (Lipinski definition) is 1. The Morgan fingerprint density at radius 1 is 1.11 bits per heavy atom. The van der Waals surface area contributed by atoms with Gasteiger partial charge in [0.25, 0.3) is 0 Å². The summed E-state index contributed by atoms with van der Waals surface area (Å²) in [4.78, 5) is 13.7. The number of aliphatic imine (C=N–C) groups is 1. The highest BCUT2D eigenvalue weighted by Gasteiger charge is 2.24. The first-order chi connectivity index (χ1) is 13.5. The maximum absolute atomic E-state index is 14.1. The van der Waals surface area contributed by atoms with Crippen LogP contribution in [-0.4, -0.2) is 99.7 Å². The van der Waals surface area contributed by atoms with E-state index in [-0.39, 0.29) is 5.82 Å². The van der Waals surface area contributed by atoms with Gasteiger partial charge < -0.3 is 20.0 Å². The lowest BCUT2D eigenvalue weighted by molar-refractivity contribution is 0.119. The molecule has 0 bridgehead atoms. The maximum Gasteiger partial charge on any atom is 0.194 e. The van der Waals surface area contributed by atoms with Gasteiger partial charge in [0.05, 0.1) is 12.2 Å². The van der Waals surface area contributed by atoms with Gasteiger partial charge in [-0.05, 0) is 33.2 Å². The van der Waals surface area contributed by atoms with Crippen LogP contribution in [0.5, 0.6) is 0 Å². The molecule has 28 heavy (non-hydrogen) atoms. The molecule has 0 aliphatic carbocycles. The summed E-state index contributed by atoms with van der Waals surface area (Å²) in [5, 5.41) is 3.38. The summed E-state index contributed by atoms with van der Waals surface area (Å²) in [6.07, 6.45) is 0. The molecule has 156 valence electrons. The topological polar surface area (TPSA) is 37.4 Å². The molecule has 0 spiro atoms. The average molecular weight is 395 g/mol. The molecule has 0 aromatic heterocycles. The second kappa shape index (κ2) is 9.52. The summed E-state index contributed by atoms with van der Waals surface area (Å²) in [5.41, 5.74) is 0.341. The third-order valence-corrected chi connectivity index (χ3v) is 5.59. The highest BCUT2D eigenvalue weighted by Crippen LogP contribution is 2.22. The zero-order valence-corrected chi connectivity index (χ0v) is 17.2. The Bertz CT molecular complexity index is 675. The van der Waals surface area contributed by atoms with E-state index in [0.29, 0.717) is 24.8 Å². The van der Waals surface area contributed by atoms with Crippen LogP contribution in [0.1, 0.15) is 6.92 Å². The Balaban J connectivity index is 1.61. The lowest BCUT2D eigenvalue weighted by Crippen LogP contribution is -2.54. The van der Waals surface area contributed by atoms with E-state index in [1.165, 1.54) is 12.1 Å². The minimum atomic E-state index is -0.407. The van der Waals surface area contributed by atoms with Gasteiger partial charge in [0, 0.05) is 64.5 Å². The summed E-state index contributed by atoms with van der Waals surface area (Å²) in [7, 11) is 4.31. The molecule has 2 saturated heterocycles. The molecule has 2 fully saturated rings. The number of benzene rings is 1. The van der Waals surface area contributed by atoms with Gasteiger partial charge in [-0.25, -0.2) is 8.78 Å². The van der Waals surface area contributed by atoms with E-state index < -0.39 is 5.82 Å². The fraction of sp³-hybridized carbons (Fsp3) is 0.650. The van der Waals surface area contributed by atoms with Crippen molar-refractivity contribution in [3.8, 4) is 0 Å². The third-order valence-electron chi connectivity index (χ3n) is 5.59. The minimum Gasteiger partial charge on any atom is -0.366 e. The first-order valence-electron chi connectivity index (χ1n) is 10.1. The predicted octanol–water partition coefficient (Wildman–Crippen LogP) is 1.30. The lowest BCUT2D eigenvalue weighted by atomic mass is 10.2. The first-order valence-corrected chi connectivity index (χ1v) is 10.1. The molecule has 1 unspecified atom stereocenters. The van der Waals surface area contributed by atoms with Crippen LogP contribution in [0.3, 0.4) is 0 Å². The van der Waals surface area contributed by atoms with E-state index in [1.54, 1.807) is 0 Å². The lowest BCUT2D eigenvalue weighted by Gasteiger charge is -2.39. The van der Waals surface area contributed by atoms with Gasteiger partial charge in [0.2, 0.25) is 0 Å². The van der Waals surface area contributed by atoms with Crippen LogP contribution in [0, 0.1) is 11.6 Å². The molecule has 0 radical (unpaired) electrons. The molecule has 1 atom stereocenters. The van der Waals surface area contributed by atoms with Gasteiger partial charge in [-0.3, -0.25) is 9.89 Å². The van der Waals surface area contributed by atoms with Crippen LogP contribution in [-0.2, 0) is 0 Å². The fourth-order valence-corrected chi connectivity index (χ4v) is 3.80. The number of guanidine groups is 1. The number of hydrogen-bond acceptors (Lipinski definition) is 4. The van der Waals surface area contributed by atoms with Crippen LogP contribution < -0.4 is 10.2 Å². The van der Waals surface area contributed by atoms with Crippen molar-refractivity contribution in [2.45, 2.75) is 13.0 Å². The number of anilines is 1. The standard InChI is InChI=1S/C20H32F2N6/c1-4-23-20(24-14-17-15-25(2)7-8-26(17)3)28-11-9-27(10-12-28)19-13-16(21)5-6-18(19)22/h5-6,13,17H,4,7-12,14-15H2,1-3H3,(H,23,24). The average Bonchev–Trinajstić information content (AvgIpc) is 2.69. The highest BCUT2D eigenvalue weighted by molar-refractivity contribution is 5.80. The van der Waals surface area contributed by atoms with E-state index in [4.69, 9.17) is 4.99 Å². The quantitative estimate of drug-likeness (QED) is 0.616. The predicted molar refractivity (Wildman–Crippen MR) is 110 cm³/mol. The summed E-state index contributed by atoms with van der Waals surface area (Å²) >= 11 is 0. The Morgan fingerprint density at radius 2 is 1.86 bits per heavy atom. The van der Waals surface area contributed by atoms with Gasteiger partial charge in [0.1, 0.15) is 11.6 Å². The summed E-state index contributed by atoms with van der Waals surface area (Å²) in [5.74, 6) is 0.124. The van der Waals surface area contributed by atoms with E-state index >= 15 is 0 Å². The Labute approximate surface area is 166 Å². The van der Waals surface area contributed by atoms with Gasteiger partial charge in [-0.1, -0.05) is 0 Å². The molecule has 3 rings (SSSR count). The minimum absolute atomic E-state index is 0.341. The second-order valence-electron chi connectivity index (χ2n) is 7.66. The zero-order valence-electron chi connectivity index (χ0n) is 17.2. The molecule has 2 aliphatic heterocycles. The smallest absolute Gasteiger partial charge is 0.194 e. The molecule has 2 heterocycles.